The Kier molecular flexibility index (Phi) is 4.99. The summed E-state index contributed by atoms with van der Waals surface area (Å²) in [7, 11) is 0. The lowest BCUT2D eigenvalue weighted by Crippen LogP contribution is -2.24. The van der Waals surface area contributed by atoms with E-state index in [9.17, 15) is 0 Å². The second kappa shape index (κ2) is 6.78. The number of hydrogen-bond donors (Lipinski definition) is 1. The third kappa shape index (κ3) is 3.34. The Morgan fingerprint density at radius 2 is 2.33 bits per heavy atom. The van der Waals surface area contributed by atoms with Crippen molar-refractivity contribution in [3.63, 3.8) is 0 Å². The third-order valence-electron chi connectivity index (χ3n) is 3.75. The molecule has 112 valence electrons. The van der Waals surface area contributed by atoms with Crippen molar-refractivity contribution >= 4 is 38.9 Å². The van der Waals surface area contributed by atoms with E-state index >= 15 is 0 Å². The Hall–Kier alpha value is -0.420. The summed E-state index contributed by atoms with van der Waals surface area (Å²) < 4.78 is 1.01. The highest BCUT2D eigenvalue weighted by Gasteiger charge is 2.24. The zero-order valence-electron chi connectivity index (χ0n) is 12.0. The summed E-state index contributed by atoms with van der Waals surface area (Å²) in [5.74, 6) is 0. The van der Waals surface area contributed by atoms with E-state index < -0.39 is 0 Å². The molecular weight excluding hydrogens is 368 g/mol. The zero-order valence-corrected chi connectivity index (χ0v) is 15.1. The molecule has 2 nitrogen and oxygen atoms in total. The summed E-state index contributed by atoms with van der Waals surface area (Å²) >= 11 is 11.4. The van der Waals surface area contributed by atoms with Crippen LogP contribution in [-0.4, -0.2) is 11.5 Å². The Labute approximate surface area is 143 Å². The van der Waals surface area contributed by atoms with Crippen LogP contribution in [0, 0.1) is 0 Å². The Balaban J connectivity index is 1.94. The van der Waals surface area contributed by atoms with Crippen LogP contribution in [0.2, 0.25) is 5.02 Å². The average molecular weight is 386 g/mol. The summed E-state index contributed by atoms with van der Waals surface area (Å²) in [6.07, 6.45) is 4.71. The van der Waals surface area contributed by atoms with Crippen molar-refractivity contribution in [2.75, 3.05) is 6.54 Å². The number of thiazole rings is 1. The lowest BCUT2D eigenvalue weighted by atomic mass is 9.98. The number of halogens is 2. The van der Waals surface area contributed by atoms with Gasteiger partial charge in [-0.25, -0.2) is 4.98 Å². The predicted octanol–water partition coefficient (Wildman–Crippen LogP) is 5.60. The fourth-order valence-corrected chi connectivity index (χ4v) is 4.97. The maximum absolute atomic E-state index is 6.03. The number of fused-ring (bicyclic) bond motifs is 1. The highest BCUT2D eigenvalue weighted by atomic mass is 79.9. The smallest absolute Gasteiger partial charge is 0.125 e. The number of hydrogen-bond acceptors (Lipinski definition) is 3. The van der Waals surface area contributed by atoms with E-state index in [1.165, 1.54) is 29.8 Å². The molecule has 0 spiro atoms. The standard InChI is InChI=1S/C16H18BrClN2S/c1-2-8-19-13-4-3-5-14-15(13)21-16(20-14)11-7-6-10(18)9-12(11)17/h6-7,9,13,19H,2-5,8H2,1H3. The number of aromatic nitrogens is 1. The van der Waals surface area contributed by atoms with E-state index in [0.29, 0.717) is 6.04 Å². The highest BCUT2D eigenvalue weighted by Crippen LogP contribution is 2.40. The quantitative estimate of drug-likeness (QED) is 0.740. The molecule has 1 aliphatic carbocycles. The van der Waals surface area contributed by atoms with Crippen molar-refractivity contribution in [3.8, 4) is 10.6 Å². The minimum absolute atomic E-state index is 0.478. The summed E-state index contributed by atoms with van der Waals surface area (Å²) in [4.78, 5) is 6.30. The molecule has 1 N–H and O–H groups in total. The zero-order chi connectivity index (χ0) is 14.8. The van der Waals surface area contributed by atoms with Gasteiger partial charge in [0.25, 0.3) is 0 Å². The number of benzene rings is 1. The first kappa shape index (κ1) is 15.5. The molecule has 0 saturated heterocycles. The van der Waals surface area contributed by atoms with Crippen LogP contribution >= 0.6 is 38.9 Å². The van der Waals surface area contributed by atoms with Gasteiger partial charge in [0.15, 0.2) is 0 Å². The van der Waals surface area contributed by atoms with Crippen molar-refractivity contribution in [3.05, 3.63) is 38.3 Å². The van der Waals surface area contributed by atoms with Gasteiger partial charge in [-0.1, -0.05) is 34.5 Å². The van der Waals surface area contributed by atoms with Crippen molar-refractivity contribution < 1.29 is 0 Å². The van der Waals surface area contributed by atoms with Gasteiger partial charge < -0.3 is 5.32 Å². The minimum Gasteiger partial charge on any atom is -0.309 e. The van der Waals surface area contributed by atoms with Crippen molar-refractivity contribution in [2.24, 2.45) is 0 Å². The van der Waals surface area contributed by atoms with Gasteiger partial charge in [0, 0.05) is 26.0 Å². The summed E-state index contributed by atoms with van der Waals surface area (Å²) in [5.41, 5.74) is 2.41. The lowest BCUT2D eigenvalue weighted by Gasteiger charge is -2.22. The molecule has 1 unspecified atom stereocenters. The van der Waals surface area contributed by atoms with Gasteiger partial charge in [0.05, 0.1) is 5.69 Å². The average Bonchev–Trinajstić information content (AvgIpc) is 2.89. The fourth-order valence-electron chi connectivity index (χ4n) is 2.71. The van der Waals surface area contributed by atoms with E-state index in [4.69, 9.17) is 16.6 Å². The maximum atomic E-state index is 6.03. The topological polar surface area (TPSA) is 24.9 Å². The SMILES string of the molecule is CCCNC1CCCc2nc(-c3ccc(Cl)cc3Br)sc21. The van der Waals surface area contributed by atoms with Crippen molar-refractivity contribution in [2.45, 2.75) is 38.6 Å². The molecule has 3 rings (SSSR count). The molecule has 1 aromatic carbocycles. The van der Waals surface area contributed by atoms with Gasteiger partial charge >= 0.3 is 0 Å². The molecule has 0 bridgehead atoms. The van der Waals surface area contributed by atoms with Crippen molar-refractivity contribution in [1.82, 2.24) is 10.3 Å². The molecular formula is C16H18BrClN2S. The van der Waals surface area contributed by atoms with Crippen molar-refractivity contribution in [1.29, 1.82) is 0 Å². The van der Waals surface area contributed by atoms with Crippen LogP contribution in [0.1, 0.15) is 42.8 Å². The molecule has 1 heterocycles. The summed E-state index contributed by atoms with van der Waals surface area (Å²) in [6.45, 7) is 3.28. The number of nitrogens with one attached hydrogen (secondary N) is 1. The molecule has 1 aliphatic rings. The monoisotopic (exact) mass is 384 g/mol. The minimum atomic E-state index is 0.478. The highest BCUT2D eigenvalue weighted by molar-refractivity contribution is 9.10. The molecule has 5 heteroatoms. The Bertz CT molecular complexity index is 641. The van der Waals surface area contributed by atoms with Crippen LogP contribution in [0.4, 0.5) is 0 Å². The number of nitrogens with zero attached hydrogens (tertiary/aromatic N) is 1. The van der Waals surface area contributed by atoms with Crippen LogP contribution in [-0.2, 0) is 6.42 Å². The maximum Gasteiger partial charge on any atom is 0.125 e. The van der Waals surface area contributed by atoms with E-state index in [1.54, 1.807) is 0 Å². The number of rotatable bonds is 4. The largest absolute Gasteiger partial charge is 0.309 e. The lowest BCUT2D eigenvalue weighted by molar-refractivity contribution is 0.465. The second-order valence-electron chi connectivity index (χ2n) is 5.35. The van der Waals surface area contributed by atoms with E-state index in [0.717, 1.165) is 33.0 Å². The molecule has 1 atom stereocenters. The Morgan fingerprint density at radius 1 is 1.48 bits per heavy atom. The van der Waals surface area contributed by atoms with E-state index in [1.807, 2.05) is 29.5 Å². The van der Waals surface area contributed by atoms with Crippen LogP contribution in [0.3, 0.4) is 0 Å². The van der Waals surface area contributed by atoms with Crippen LogP contribution < -0.4 is 5.32 Å². The summed E-state index contributed by atoms with van der Waals surface area (Å²) in [6, 6.07) is 6.38. The predicted molar refractivity (Wildman–Crippen MR) is 94.2 cm³/mol. The molecule has 0 aliphatic heterocycles. The van der Waals surface area contributed by atoms with Gasteiger partial charge in [-0.2, -0.15) is 0 Å². The summed E-state index contributed by atoms with van der Waals surface area (Å²) in [5, 5.41) is 5.49. The van der Waals surface area contributed by atoms with Gasteiger partial charge in [-0.3, -0.25) is 0 Å². The molecule has 1 aromatic heterocycles. The van der Waals surface area contributed by atoms with E-state index in [-0.39, 0.29) is 0 Å². The van der Waals surface area contributed by atoms with Crippen LogP contribution in [0.25, 0.3) is 10.6 Å². The van der Waals surface area contributed by atoms with Gasteiger partial charge in [0.1, 0.15) is 5.01 Å². The second-order valence-corrected chi connectivity index (χ2v) is 7.67. The van der Waals surface area contributed by atoms with E-state index in [2.05, 4.69) is 28.2 Å². The van der Waals surface area contributed by atoms with Gasteiger partial charge in [0.2, 0.25) is 0 Å². The van der Waals surface area contributed by atoms with Crippen LogP contribution in [0.15, 0.2) is 22.7 Å². The molecule has 0 amide bonds. The Morgan fingerprint density at radius 3 is 3.10 bits per heavy atom. The third-order valence-corrected chi connectivity index (χ3v) is 5.89. The molecule has 0 saturated carbocycles. The normalized spacial score (nSPS) is 17.8. The molecule has 2 aromatic rings. The van der Waals surface area contributed by atoms with Crippen LogP contribution in [0.5, 0.6) is 0 Å². The van der Waals surface area contributed by atoms with Gasteiger partial charge in [-0.15, -0.1) is 11.3 Å². The molecule has 0 radical (unpaired) electrons. The first-order valence-corrected chi connectivity index (χ1v) is 9.36. The fraction of sp³-hybridized carbons (Fsp3) is 0.438. The number of aryl methyl sites for hydroxylation is 1. The first-order chi connectivity index (χ1) is 10.2. The first-order valence-electron chi connectivity index (χ1n) is 7.37. The van der Waals surface area contributed by atoms with Gasteiger partial charge in [-0.05, 0) is 50.4 Å². The molecule has 21 heavy (non-hydrogen) atoms. The molecule has 0 fully saturated rings.